The van der Waals surface area contributed by atoms with Gasteiger partial charge in [0.1, 0.15) is 0 Å². The number of hydrogen-bond acceptors (Lipinski definition) is 3. The van der Waals surface area contributed by atoms with Crippen molar-refractivity contribution in [3.8, 4) is 0 Å². The van der Waals surface area contributed by atoms with E-state index in [0.717, 1.165) is 38.8 Å². The lowest BCUT2D eigenvalue weighted by atomic mass is 10.1. The fraction of sp³-hybridized carbons (Fsp3) is 1.00. The van der Waals surface area contributed by atoms with E-state index in [2.05, 4.69) is 17.0 Å². The molecule has 0 aromatic heterocycles. The Labute approximate surface area is 110 Å². The maximum atomic E-state index is 12.3. The van der Waals surface area contributed by atoms with Gasteiger partial charge in [-0.3, -0.25) is 0 Å². The van der Waals surface area contributed by atoms with Crippen molar-refractivity contribution in [2.45, 2.75) is 51.6 Å². The van der Waals surface area contributed by atoms with Gasteiger partial charge in [0, 0.05) is 25.2 Å². The monoisotopic (exact) mass is 275 g/mol. The standard InChI is InChI=1S/C12H25N3O2S/c1-3-13-9-11-6-4-5-7-15(11)18(16,17)14-12-8-10(12)2/h10-14H,3-9H2,1-2H3. The molecule has 2 N–H and O–H groups in total. The van der Waals surface area contributed by atoms with Gasteiger partial charge in [-0.25, -0.2) is 0 Å². The molecule has 0 bridgehead atoms. The minimum absolute atomic E-state index is 0.116. The lowest BCUT2D eigenvalue weighted by molar-refractivity contribution is 0.243. The largest absolute Gasteiger partial charge is 0.315 e. The van der Waals surface area contributed by atoms with E-state index in [9.17, 15) is 8.42 Å². The molecule has 1 heterocycles. The predicted octanol–water partition coefficient (Wildman–Crippen LogP) is 0.693. The first kappa shape index (κ1) is 14.2. The van der Waals surface area contributed by atoms with Gasteiger partial charge in [0.15, 0.2) is 0 Å². The molecule has 6 heteroatoms. The molecule has 3 unspecified atom stereocenters. The average Bonchev–Trinajstić information content (AvgIpc) is 3.01. The normalized spacial score (nSPS) is 33.6. The van der Waals surface area contributed by atoms with Crippen LogP contribution in [0.3, 0.4) is 0 Å². The Hall–Kier alpha value is -0.170. The van der Waals surface area contributed by atoms with Crippen molar-refractivity contribution in [3.63, 3.8) is 0 Å². The third kappa shape index (κ3) is 3.44. The van der Waals surface area contributed by atoms with Gasteiger partial charge in [0.2, 0.25) is 0 Å². The third-order valence-electron chi connectivity index (χ3n) is 3.92. The molecule has 2 fully saturated rings. The van der Waals surface area contributed by atoms with Crippen molar-refractivity contribution < 1.29 is 8.42 Å². The summed E-state index contributed by atoms with van der Waals surface area (Å²) in [6.07, 6.45) is 4.05. The molecule has 0 radical (unpaired) electrons. The zero-order chi connectivity index (χ0) is 13.2. The van der Waals surface area contributed by atoms with Crippen LogP contribution in [0.5, 0.6) is 0 Å². The van der Waals surface area contributed by atoms with Gasteiger partial charge in [0.25, 0.3) is 10.2 Å². The first-order valence-corrected chi connectivity index (χ1v) is 8.48. The van der Waals surface area contributed by atoms with E-state index < -0.39 is 10.2 Å². The van der Waals surface area contributed by atoms with E-state index in [1.165, 1.54) is 0 Å². The van der Waals surface area contributed by atoms with Gasteiger partial charge in [-0.1, -0.05) is 20.3 Å². The van der Waals surface area contributed by atoms with Crippen molar-refractivity contribution in [3.05, 3.63) is 0 Å². The molecule has 0 aromatic rings. The SMILES string of the molecule is CCNCC1CCCCN1S(=O)(=O)NC1CC1C. The Kier molecular flexibility index (Phi) is 4.64. The first-order valence-electron chi connectivity index (χ1n) is 7.04. The van der Waals surface area contributed by atoms with Crippen LogP contribution in [0.25, 0.3) is 0 Å². The number of likely N-dealkylation sites (N-methyl/N-ethyl adjacent to an activating group) is 1. The summed E-state index contributed by atoms with van der Waals surface area (Å²) in [7, 11) is -3.29. The topological polar surface area (TPSA) is 61.4 Å². The van der Waals surface area contributed by atoms with Crippen LogP contribution < -0.4 is 10.0 Å². The molecule has 0 spiro atoms. The van der Waals surface area contributed by atoms with Crippen molar-refractivity contribution in [1.82, 2.24) is 14.3 Å². The predicted molar refractivity (Wildman–Crippen MR) is 72.5 cm³/mol. The minimum atomic E-state index is -3.29. The second-order valence-electron chi connectivity index (χ2n) is 5.51. The molecule has 1 saturated heterocycles. The van der Waals surface area contributed by atoms with Crippen LogP contribution >= 0.6 is 0 Å². The van der Waals surface area contributed by atoms with Gasteiger partial charge < -0.3 is 5.32 Å². The van der Waals surface area contributed by atoms with Crippen molar-refractivity contribution in [1.29, 1.82) is 0 Å². The van der Waals surface area contributed by atoms with Crippen molar-refractivity contribution in [2.24, 2.45) is 5.92 Å². The van der Waals surface area contributed by atoms with E-state index in [1.807, 2.05) is 6.92 Å². The van der Waals surface area contributed by atoms with Gasteiger partial charge in [-0.05, 0) is 31.7 Å². The smallest absolute Gasteiger partial charge is 0.280 e. The van der Waals surface area contributed by atoms with E-state index in [-0.39, 0.29) is 12.1 Å². The highest BCUT2D eigenvalue weighted by atomic mass is 32.2. The first-order chi connectivity index (χ1) is 8.54. The van der Waals surface area contributed by atoms with E-state index in [1.54, 1.807) is 4.31 Å². The second kappa shape index (κ2) is 5.86. The average molecular weight is 275 g/mol. The lowest BCUT2D eigenvalue weighted by Gasteiger charge is -2.34. The molecular weight excluding hydrogens is 250 g/mol. The molecule has 1 saturated carbocycles. The fourth-order valence-corrected chi connectivity index (χ4v) is 4.34. The van der Waals surface area contributed by atoms with Crippen molar-refractivity contribution >= 4 is 10.2 Å². The Morgan fingerprint density at radius 2 is 2.06 bits per heavy atom. The highest BCUT2D eigenvalue weighted by molar-refractivity contribution is 7.87. The molecule has 1 aliphatic heterocycles. The molecule has 0 aromatic carbocycles. The molecule has 18 heavy (non-hydrogen) atoms. The minimum Gasteiger partial charge on any atom is -0.315 e. The van der Waals surface area contributed by atoms with Crippen LogP contribution in [-0.4, -0.2) is 44.4 Å². The quantitative estimate of drug-likeness (QED) is 0.750. The van der Waals surface area contributed by atoms with E-state index >= 15 is 0 Å². The molecule has 5 nitrogen and oxygen atoms in total. The summed E-state index contributed by atoms with van der Waals surface area (Å²) in [6.45, 7) is 6.44. The second-order valence-corrected chi connectivity index (χ2v) is 7.17. The summed E-state index contributed by atoms with van der Waals surface area (Å²) >= 11 is 0. The van der Waals surface area contributed by atoms with Gasteiger partial charge in [-0.2, -0.15) is 17.4 Å². The van der Waals surface area contributed by atoms with Crippen LogP contribution in [0.2, 0.25) is 0 Å². The number of nitrogens with zero attached hydrogens (tertiary/aromatic N) is 1. The third-order valence-corrected chi connectivity index (χ3v) is 5.62. The zero-order valence-corrected chi connectivity index (χ0v) is 12.2. The Bertz CT molecular complexity index is 372. The fourth-order valence-electron chi connectivity index (χ4n) is 2.55. The maximum Gasteiger partial charge on any atom is 0.280 e. The summed E-state index contributed by atoms with van der Waals surface area (Å²) in [6, 6.07) is 0.280. The van der Waals surface area contributed by atoms with Crippen LogP contribution in [0, 0.1) is 5.92 Å². The van der Waals surface area contributed by atoms with Gasteiger partial charge in [-0.15, -0.1) is 0 Å². The maximum absolute atomic E-state index is 12.3. The summed E-state index contributed by atoms with van der Waals surface area (Å²) in [5.41, 5.74) is 0. The number of rotatable bonds is 6. The van der Waals surface area contributed by atoms with Crippen LogP contribution in [0.15, 0.2) is 0 Å². The summed E-state index contributed by atoms with van der Waals surface area (Å²) < 4.78 is 29.2. The van der Waals surface area contributed by atoms with Gasteiger partial charge in [0.05, 0.1) is 0 Å². The molecule has 0 amide bonds. The van der Waals surface area contributed by atoms with Gasteiger partial charge >= 0.3 is 0 Å². The lowest BCUT2D eigenvalue weighted by Crippen LogP contribution is -2.52. The summed E-state index contributed by atoms with van der Waals surface area (Å²) in [5.74, 6) is 0.497. The molecule has 2 rings (SSSR count). The molecule has 1 aliphatic carbocycles. The Balaban J connectivity index is 1.98. The number of piperidine rings is 1. The molecule has 3 atom stereocenters. The van der Waals surface area contributed by atoms with Crippen LogP contribution in [0.4, 0.5) is 0 Å². The van der Waals surface area contributed by atoms with E-state index in [4.69, 9.17) is 0 Å². The number of nitrogens with one attached hydrogen (secondary N) is 2. The summed E-state index contributed by atoms with van der Waals surface area (Å²) in [4.78, 5) is 0. The molecular formula is C12H25N3O2S. The van der Waals surface area contributed by atoms with Crippen LogP contribution in [0.1, 0.15) is 39.5 Å². The Morgan fingerprint density at radius 1 is 1.33 bits per heavy atom. The molecule has 2 aliphatic rings. The highest BCUT2D eigenvalue weighted by Gasteiger charge is 2.40. The van der Waals surface area contributed by atoms with E-state index in [0.29, 0.717) is 12.5 Å². The molecule has 106 valence electrons. The van der Waals surface area contributed by atoms with Crippen molar-refractivity contribution in [2.75, 3.05) is 19.6 Å². The summed E-state index contributed by atoms with van der Waals surface area (Å²) in [5, 5.41) is 3.26. The number of hydrogen-bond donors (Lipinski definition) is 2. The van der Waals surface area contributed by atoms with Crippen LogP contribution in [-0.2, 0) is 10.2 Å². The Morgan fingerprint density at radius 3 is 2.67 bits per heavy atom. The zero-order valence-electron chi connectivity index (χ0n) is 11.4. The highest BCUT2D eigenvalue weighted by Crippen LogP contribution is 2.31.